The summed E-state index contributed by atoms with van der Waals surface area (Å²) < 4.78 is 5.67. The van der Waals surface area contributed by atoms with Crippen LogP contribution in [-0.2, 0) is 23.9 Å². The van der Waals surface area contributed by atoms with Gasteiger partial charge in [0.25, 0.3) is 5.91 Å². The molecule has 0 unspecified atom stereocenters. The normalized spacial score (nSPS) is 26.8. The number of allylic oxidation sites excluding steroid dienone is 2. The Hall–Kier alpha value is -2.19. The second kappa shape index (κ2) is 7.57. The molecule has 0 spiro atoms. The lowest BCUT2D eigenvalue weighted by Crippen LogP contribution is -2.38. The van der Waals surface area contributed by atoms with E-state index < -0.39 is 25.0 Å². The smallest absolute Gasteiger partial charge is 0.326 e. The fourth-order valence-electron chi connectivity index (χ4n) is 4.41. The van der Waals surface area contributed by atoms with E-state index in [1.54, 1.807) is 19.1 Å². The molecule has 4 rings (SSSR count). The summed E-state index contributed by atoms with van der Waals surface area (Å²) in [7, 11) is 0. The number of amides is 3. The first-order valence-corrected chi connectivity index (χ1v) is 10.4. The van der Waals surface area contributed by atoms with Gasteiger partial charge in [0.05, 0.1) is 16.9 Å². The number of hydrogen-bond acceptors (Lipinski definition) is 5. The van der Waals surface area contributed by atoms with Crippen molar-refractivity contribution in [2.75, 3.05) is 18.5 Å². The highest BCUT2D eigenvalue weighted by molar-refractivity contribution is 9.10. The molecule has 9 heteroatoms. The van der Waals surface area contributed by atoms with Gasteiger partial charge in [-0.05, 0) is 58.8 Å². The number of carbonyl (C=O) groups excluding carboxylic acids is 4. The van der Waals surface area contributed by atoms with Crippen LogP contribution in [0.4, 0.5) is 5.69 Å². The minimum absolute atomic E-state index is 0.0780. The van der Waals surface area contributed by atoms with Gasteiger partial charge in [0.1, 0.15) is 6.54 Å². The molecule has 2 fully saturated rings. The zero-order valence-electron chi connectivity index (χ0n) is 15.5. The topological polar surface area (TPSA) is 92.8 Å². The van der Waals surface area contributed by atoms with E-state index in [2.05, 4.69) is 21.2 Å². The Bertz CT molecular complexity index is 932. The number of anilines is 1. The van der Waals surface area contributed by atoms with Crippen LogP contribution in [-0.4, -0.2) is 41.7 Å². The lowest BCUT2D eigenvalue weighted by atomic mass is 9.85. The van der Waals surface area contributed by atoms with Gasteiger partial charge in [0.2, 0.25) is 11.8 Å². The van der Waals surface area contributed by atoms with Crippen molar-refractivity contribution in [1.82, 2.24) is 4.90 Å². The number of halogens is 2. The zero-order valence-corrected chi connectivity index (χ0v) is 17.8. The number of carbonyl (C=O) groups is 4. The first-order valence-electron chi connectivity index (χ1n) is 9.21. The molecular weight excluding hydrogens is 464 g/mol. The molecule has 1 aliphatic heterocycles. The SMILES string of the molecule is Cc1c(NC(=O)COC(=O)CN2C(=O)[C@@H]3[C@@H](C2=O)[C@H]2C=C[C@H]3C2)ccc(Br)c1Cl. The van der Waals surface area contributed by atoms with Crippen molar-refractivity contribution in [3.63, 3.8) is 0 Å². The number of benzene rings is 1. The van der Waals surface area contributed by atoms with Gasteiger partial charge in [-0.15, -0.1) is 0 Å². The molecule has 1 aromatic carbocycles. The maximum atomic E-state index is 12.6. The van der Waals surface area contributed by atoms with E-state index in [9.17, 15) is 19.2 Å². The van der Waals surface area contributed by atoms with Gasteiger partial charge < -0.3 is 10.1 Å². The van der Waals surface area contributed by atoms with Crippen molar-refractivity contribution in [3.8, 4) is 0 Å². The van der Waals surface area contributed by atoms with Gasteiger partial charge in [-0.2, -0.15) is 0 Å². The van der Waals surface area contributed by atoms with Crippen LogP contribution in [0.2, 0.25) is 5.02 Å². The molecule has 1 aromatic rings. The number of nitrogens with one attached hydrogen (secondary N) is 1. The van der Waals surface area contributed by atoms with Crippen LogP contribution in [0.5, 0.6) is 0 Å². The van der Waals surface area contributed by atoms with E-state index in [4.69, 9.17) is 16.3 Å². The Morgan fingerprint density at radius 3 is 2.45 bits per heavy atom. The number of imide groups is 1. The van der Waals surface area contributed by atoms with E-state index >= 15 is 0 Å². The molecule has 0 radical (unpaired) electrons. The van der Waals surface area contributed by atoms with Gasteiger partial charge in [0, 0.05) is 10.2 Å². The molecule has 0 aromatic heterocycles. The highest BCUT2D eigenvalue weighted by Gasteiger charge is 2.59. The summed E-state index contributed by atoms with van der Waals surface area (Å²) in [6.07, 6.45) is 4.80. The second-order valence-corrected chi connectivity index (χ2v) is 8.74. The molecule has 152 valence electrons. The number of fused-ring (bicyclic) bond motifs is 5. The number of likely N-dealkylation sites (tertiary alicyclic amines) is 1. The minimum atomic E-state index is -0.798. The lowest BCUT2D eigenvalue weighted by Gasteiger charge is -2.16. The summed E-state index contributed by atoms with van der Waals surface area (Å²) in [5.41, 5.74) is 1.17. The number of rotatable bonds is 5. The van der Waals surface area contributed by atoms with Gasteiger partial charge in [-0.1, -0.05) is 23.8 Å². The third-order valence-electron chi connectivity index (χ3n) is 5.83. The highest BCUT2D eigenvalue weighted by Crippen LogP contribution is 2.52. The van der Waals surface area contributed by atoms with Crippen molar-refractivity contribution in [2.24, 2.45) is 23.7 Å². The fraction of sp³-hybridized carbons (Fsp3) is 0.400. The molecule has 1 N–H and O–H groups in total. The quantitative estimate of drug-likeness (QED) is 0.397. The highest BCUT2D eigenvalue weighted by atomic mass is 79.9. The summed E-state index contributed by atoms with van der Waals surface area (Å²) in [5, 5.41) is 3.09. The van der Waals surface area contributed by atoms with E-state index in [1.807, 2.05) is 12.2 Å². The molecule has 7 nitrogen and oxygen atoms in total. The number of ether oxygens (including phenoxy) is 1. The summed E-state index contributed by atoms with van der Waals surface area (Å²) in [6.45, 7) is 0.751. The van der Waals surface area contributed by atoms with Gasteiger partial charge in [-0.3, -0.25) is 24.1 Å². The van der Waals surface area contributed by atoms with Crippen LogP contribution in [0, 0.1) is 30.6 Å². The van der Waals surface area contributed by atoms with Crippen LogP contribution in [0.15, 0.2) is 28.8 Å². The number of nitrogens with zero attached hydrogens (tertiary/aromatic N) is 1. The molecule has 3 amide bonds. The Balaban J connectivity index is 1.31. The second-order valence-electron chi connectivity index (χ2n) is 7.51. The molecule has 3 aliphatic rings. The van der Waals surface area contributed by atoms with Crippen LogP contribution >= 0.6 is 27.5 Å². The first-order chi connectivity index (χ1) is 13.8. The van der Waals surface area contributed by atoms with Crippen LogP contribution in [0.3, 0.4) is 0 Å². The summed E-state index contributed by atoms with van der Waals surface area (Å²) in [4.78, 5) is 50.3. The number of esters is 1. The first kappa shape index (κ1) is 20.1. The van der Waals surface area contributed by atoms with Gasteiger partial charge in [0.15, 0.2) is 6.61 Å². The third-order valence-corrected chi connectivity index (χ3v) is 7.20. The fourth-order valence-corrected chi connectivity index (χ4v) is 5.01. The largest absolute Gasteiger partial charge is 0.454 e. The molecular formula is C20H18BrClN2O5. The molecule has 2 bridgehead atoms. The Labute approximate surface area is 180 Å². The Kier molecular flexibility index (Phi) is 5.25. The van der Waals surface area contributed by atoms with Crippen molar-refractivity contribution < 1.29 is 23.9 Å². The standard InChI is InChI=1S/C20H18BrClN2O5/c1-9-13(5-4-12(21)18(9)22)23-14(25)8-29-15(26)7-24-19(27)16-10-2-3-11(6-10)17(16)20(24)28/h2-5,10-11,16-17H,6-8H2,1H3,(H,23,25)/t10-,11-,16-,17-/m0/s1. The van der Waals surface area contributed by atoms with Crippen molar-refractivity contribution >= 4 is 56.9 Å². The predicted octanol–water partition coefficient (Wildman–Crippen LogP) is 2.70. The van der Waals surface area contributed by atoms with E-state index in [-0.39, 0.29) is 35.5 Å². The Morgan fingerprint density at radius 1 is 1.21 bits per heavy atom. The zero-order chi connectivity index (χ0) is 20.9. The summed E-state index contributed by atoms with van der Waals surface area (Å²) >= 11 is 9.42. The maximum absolute atomic E-state index is 12.6. The van der Waals surface area contributed by atoms with Crippen molar-refractivity contribution in [1.29, 1.82) is 0 Å². The monoisotopic (exact) mass is 480 g/mol. The third kappa shape index (κ3) is 3.48. The average Bonchev–Trinajstić information content (AvgIpc) is 3.37. The van der Waals surface area contributed by atoms with E-state index in [0.29, 0.717) is 20.7 Å². The summed E-state index contributed by atoms with van der Waals surface area (Å²) in [5.74, 6) is -2.55. The molecule has 2 aliphatic carbocycles. The maximum Gasteiger partial charge on any atom is 0.326 e. The molecule has 4 atom stereocenters. The minimum Gasteiger partial charge on any atom is -0.454 e. The molecule has 1 saturated carbocycles. The van der Waals surface area contributed by atoms with Crippen LogP contribution < -0.4 is 5.32 Å². The Morgan fingerprint density at radius 2 is 1.83 bits per heavy atom. The molecule has 1 saturated heterocycles. The van der Waals surface area contributed by atoms with E-state index in [0.717, 1.165) is 11.3 Å². The van der Waals surface area contributed by atoms with E-state index in [1.165, 1.54) is 0 Å². The number of hydrogen-bond donors (Lipinski definition) is 1. The van der Waals surface area contributed by atoms with Gasteiger partial charge in [-0.25, -0.2) is 0 Å². The summed E-state index contributed by atoms with van der Waals surface area (Å²) in [6, 6.07) is 3.37. The van der Waals surface area contributed by atoms with Crippen LogP contribution in [0.25, 0.3) is 0 Å². The lowest BCUT2D eigenvalue weighted by molar-refractivity contribution is -0.154. The van der Waals surface area contributed by atoms with Crippen LogP contribution in [0.1, 0.15) is 12.0 Å². The molecule has 29 heavy (non-hydrogen) atoms. The average molecular weight is 482 g/mol. The van der Waals surface area contributed by atoms with Crippen molar-refractivity contribution in [3.05, 3.63) is 39.3 Å². The van der Waals surface area contributed by atoms with Gasteiger partial charge >= 0.3 is 5.97 Å². The molecule has 1 heterocycles. The van der Waals surface area contributed by atoms with Crippen molar-refractivity contribution in [2.45, 2.75) is 13.3 Å². The predicted molar refractivity (Wildman–Crippen MR) is 108 cm³/mol.